The van der Waals surface area contributed by atoms with Gasteiger partial charge in [-0.15, -0.1) is 5.10 Å². The van der Waals surface area contributed by atoms with Gasteiger partial charge in [0.15, 0.2) is 0 Å². The van der Waals surface area contributed by atoms with E-state index in [9.17, 15) is 9.59 Å². The molecule has 188 valence electrons. The van der Waals surface area contributed by atoms with Gasteiger partial charge in [0.2, 0.25) is 0 Å². The van der Waals surface area contributed by atoms with Gasteiger partial charge in [0.1, 0.15) is 17.3 Å². The van der Waals surface area contributed by atoms with Gasteiger partial charge in [0.05, 0.1) is 24.1 Å². The third-order valence-corrected chi connectivity index (χ3v) is 6.82. The van der Waals surface area contributed by atoms with Gasteiger partial charge in [-0.1, -0.05) is 22.7 Å². The van der Waals surface area contributed by atoms with Gasteiger partial charge in [0.25, 0.3) is 5.91 Å². The van der Waals surface area contributed by atoms with Crippen LogP contribution in [0.5, 0.6) is 5.75 Å². The molecule has 5 rings (SSSR count). The van der Waals surface area contributed by atoms with Crippen LogP contribution in [0.2, 0.25) is 0 Å². The number of amides is 1. The van der Waals surface area contributed by atoms with Crippen LogP contribution < -0.4 is 15.0 Å². The monoisotopic (exact) mass is 515 g/mol. The maximum atomic E-state index is 12.6. The number of piperidine rings is 1. The summed E-state index contributed by atoms with van der Waals surface area (Å²) in [5.74, 6) is 0.673. The van der Waals surface area contributed by atoms with Gasteiger partial charge < -0.3 is 20.1 Å². The maximum absolute atomic E-state index is 12.6. The van der Waals surface area contributed by atoms with E-state index in [0.717, 1.165) is 43.0 Å². The molecule has 3 heterocycles. The van der Waals surface area contributed by atoms with Crippen molar-refractivity contribution >= 4 is 34.9 Å². The second-order valence-electron chi connectivity index (χ2n) is 8.80. The van der Waals surface area contributed by atoms with Crippen molar-refractivity contribution in [1.29, 1.82) is 0 Å². The molecule has 0 saturated carbocycles. The van der Waals surface area contributed by atoms with Crippen LogP contribution in [-0.4, -0.2) is 51.3 Å². The predicted molar refractivity (Wildman–Crippen MR) is 141 cm³/mol. The number of aromatic nitrogens is 3. The Labute approximate surface area is 217 Å². The molecule has 1 aliphatic rings. The quantitative estimate of drug-likeness (QED) is 0.342. The molecule has 0 radical (unpaired) electrons. The third-order valence-electron chi connectivity index (χ3n) is 6.31. The summed E-state index contributed by atoms with van der Waals surface area (Å²) in [4.78, 5) is 30.5. The van der Waals surface area contributed by atoms with Crippen LogP contribution in [0, 0.1) is 5.92 Å². The zero-order chi connectivity index (χ0) is 25.6. The number of rotatable bonds is 8. The summed E-state index contributed by atoms with van der Waals surface area (Å²) in [6, 6.07) is 17.6. The topological polar surface area (TPSA) is 118 Å². The third kappa shape index (κ3) is 6.10. The summed E-state index contributed by atoms with van der Waals surface area (Å²) in [7, 11) is 0. The number of hydrogen-bond acceptors (Lipinski definition) is 8. The number of hydrogen-bond donors (Lipinski definition) is 2. The van der Waals surface area contributed by atoms with E-state index in [2.05, 4.69) is 24.8 Å². The van der Waals surface area contributed by atoms with Crippen LogP contribution in [0.4, 0.5) is 11.5 Å². The zero-order valence-electron chi connectivity index (χ0n) is 19.9. The molecule has 37 heavy (non-hydrogen) atoms. The average Bonchev–Trinajstić information content (AvgIpc) is 3.48. The number of nitrogens with one attached hydrogen (secondary N) is 1. The van der Waals surface area contributed by atoms with E-state index < -0.39 is 5.97 Å². The highest BCUT2D eigenvalue weighted by Gasteiger charge is 2.21. The van der Waals surface area contributed by atoms with Crippen molar-refractivity contribution in [3.05, 3.63) is 83.4 Å². The van der Waals surface area contributed by atoms with Crippen molar-refractivity contribution in [2.24, 2.45) is 5.92 Å². The Kier molecular flexibility index (Phi) is 7.36. The molecule has 1 saturated heterocycles. The average molecular weight is 516 g/mol. The molecule has 0 unspecified atom stereocenters. The number of carbonyl (C=O) groups excluding carboxylic acids is 1. The number of nitrogens with zero attached hydrogens (tertiary/aromatic N) is 4. The standard InChI is InChI=1S/C27H25N5O4S/c33-26(20-6-4-19(5-7-20)24-17-37-31-30-24)29-22-8-9-25(28-15-22)32-12-10-18(11-13-32)16-36-23-3-1-2-21(14-23)27(34)35/h1-9,14-15,17-18H,10-13,16H2,(H,29,33)(H,34,35). The van der Waals surface area contributed by atoms with E-state index in [1.807, 2.05) is 29.6 Å². The molecule has 1 aliphatic heterocycles. The number of benzene rings is 2. The number of pyridine rings is 1. The molecular weight excluding hydrogens is 490 g/mol. The van der Waals surface area contributed by atoms with E-state index in [4.69, 9.17) is 9.84 Å². The smallest absolute Gasteiger partial charge is 0.335 e. The van der Waals surface area contributed by atoms with Crippen molar-refractivity contribution in [1.82, 2.24) is 14.6 Å². The first-order valence-electron chi connectivity index (χ1n) is 11.9. The summed E-state index contributed by atoms with van der Waals surface area (Å²) < 4.78 is 9.71. The molecule has 2 aromatic heterocycles. The highest BCUT2D eigenvalue weighted by atomic mass is 32.1. The molecule has 4 aromatic rings. The Hall–Kier alpha value is -4.31. The number of anilines is 2. The molecule has 10 heteroatoms. The minimum atomic E-state index is -0.962. The SMILES string of the molecule is O=C(O)c1cccc(OCC2CCN(c3ccc(NC(=O)c4ccc(-c5csnn5)cc4)cn3)CC2)c1. The molecule has 9 nitrogen and oxygen atoms in total. The Balaban J connectivity index is 1.10. The lowest BCUT2D eigenvalue weighted by Crippen LogP contribution is -2.36. The fourth-order valence-electron chi connectivity index (χ4n) is 4.19. The lowest BCUT2D eigenvalue weighted by atomic mass is 9.98. The molecule has 1 amide bonds. The molecule has 0 bridgehead atoms. The Morgan fingerprint density at radius 1 is 1.05 bits per heavy atom. The van der Waals surface area contributed by atoms with Crippen LogP contribution in [0.3, 0.4) is 0 Å². The number of ether oxygens (including phenoxy) is 1. The number of carboxylic acids is 1. The van der Waals surface area contributed by atoms with Crippen LogP contribution in [0.15, 0.2) is 72.2 Å². The summed E-state index contributed by atoms with van der Waals surface area (Å²) in [5.41, 5.74) is 3.11. The van der Waals surface area contributed by atoms with Crippen molar-refractivity contribution in [3.63, 3.8) is 0 Å². The number of aromatic carboxylic acids is 1. The van der Waals surface area contributed by atoms with Gasteiger partial charge in [-0.05, 0) is 72.8 Å². The molecule has 1 fully saturated rings. The van der Waals surface area contributed by atoms with Gasteiger partial charge in [-0.25, -0.2) is 9.78 Å². The highest BCUT2D eigenvalue weighted by molar-refractivity contribution is 7.03. The first-order valence-corrected chi connectivity index (χ1v) is 12.7. The number of carboxylic acid groups (broad SMARTS) is 1. The fourth-order valence-corrected chi connectivity index (χ4v) is 4.66. The van der Waals surface area contributed by atoms with E-state index in [1.54, 1.807) is 42.6 Å². The first-order chi connectivity index (χ1) is 18.0. The molecule has 0 atom stereocenters. The van der Waals surface area contributed by atoms with E-state index in [1.165, 1.54) is 11.5 Å². The molecule has 2 aromatic carbocycles. The minimum Gasteiger partial charge on any atom is -0.493 e. The maximum Gasteiger partial charge on any atom is 0.335 e. The Morgan fingerprint density at radius 2 is 1.86 bits per heavy atom. The number of carbonyl (C=O) groups is 2. The predicted octanol–water partition coefficient (Wildman–Crippen LogP) is 4.85. The normalized spacial score (nSPS) is 13.8. The van der Waals surface area contributed by atoms with Crippen LogP contribution in [0.1, 0.15) is 33.6 Å². The molecule has 0 spiro atoms. The minimum absolute atomic E-state index is 0.202. The lowest BCUT2D eigenvalue weighted by Gasteiger charge is -2.32. The summed E-state index contributed by atoms with van der Waals surface area (Å²) in [5, 5.41) is 17.9. The Morgan fingerprint density at radius 3 is 2.54 bits per heavy atom. The second-order valence-corrected chi connectivity index (χ2v) is 9.41. The summed E-state index contributed by atoms with van der Waals surface area (Å²) in [6.45, 7) is 2.25. The van der Waals surface area contributed by atoms with Crippen LogP contribution in [-0.2, 0) is 0 Å². The van der Waals surface area contributed by atoms with E-state index in [-0.39, 0.29) is 11.5 Å². The van der Waals surface area contributed by atoms with Gasteiger partial charge in [0, 0.05) is 29.6 Å². The molecule has 0 aliphatic carbocycles. The van der Waals surface area contributed by atoms with Crippen molar-refractivity contribution < 1.29 is 19.4 Å². The highest BCUT2D eigenvalue weighted by Crippen LogP contribution is 2.24. The van der Waals surface area contributed by atoms with E-state index >= 15 is 0 Å². The van der Waals surface area contributed by atoms with Gasteiger partial charge in [-0.2, -0.15) is 0 Å². The van der Waals surface area contributed by atoms with Crippen molar-refractivity contribution in [2.45, 2.75) is 12.8 Å². The van der Waals surface area contributed by atoms with Crippen LogP contribution >= 0.6 is 11.5 Å². The zero-order valence-corrected chi connectivity index (χ0v) is 20.7. The van der Waals surface area contributed by atoms with Gasteiger partial charge >= 0.3 is 5.97 Å². The van der Waals surface area contributed by atoms with Gasteiger partial charge in [-0.3, -0.25) is 4.79 Å². The van der Waals surface area contributed by atoms with Crippen molar-refractivity contribution in [2.75, 3.05) is 29.9 Å². The summed E-state index contributed by atoms with van der Waals surface area (Å²) in [6.07, 6.45) is 3.57. The van der Waals surface area contributed by atoms with E-state index in [0.29, 0.717) is 29.5 Å². The first kappa shape index (κ1) is 24.4. The second kappa shape index (κ2) is 11.2. The largest absolute Gasteiger partial charge is 0.493 e. The Bertz CT molecular complexity index is 1350. The fraction of sp³-hybridized carbons (Fsp3) is 0.222. The summed E-state index contributed by atoms with van der Waals surface area (Å²) >= 11 is 1.29. The molecule has 2 N–H and O–H groups in total. The lowest BCUT2D eigenvalue weighted by molar-refractivity contribution is 0.0696. The molecular formula is C27H25N5O4S. The van der Waals surface area contributed by atoms with Crippen LogP contribution in [0.25, 0.3) is 11.3 Å². The van der Waals surface area contributed by atoms with Crippen molar-refractivity contribution in [3.8, 4) is 17.0 Å².